The molecule has 0 aromatic heterocycles. The van der Waals surface area contributed by atoms with E-state index in [9.17, 15) is 0 Å². The van der Waals surface area contributed by atoms with Crippen molar-refractivity contribution in [3.05, 3.63) is 34.3 Å². The van der Waals surface area contributed by atoms with Crippen LogP contribution < -0.4 is 0 Å². The van der Waals surface area contributed by atoms with Crippen molar-refractivity contribution in [2.45, 2.75) is 20.0 Å². The molecular formula is C14H20Br2O2. The van der Waals surface area contributed by atoms with E-state index >= 15 is 0 Å². The Morgan fingerprint density at radius 3 is 2.61 bits per heavy atom. The van der Waals surface area contributed by atoms with Crippen LogP contribution in [0, 0.1) is 5.92 Å². The largest absolute Gasteiger partial charge is 0.379 e. The van der Waals surface area contributed by atoms with E-state index in [4.69, 9.17) is 9.47 Å². The maximum absolute atomic E-state index is 5.82. The van der Waals surface area contributed by atoms with Gasteiger partial charge in [-0.1, -0.05) is 57.8 Å². The third-order valence-corrected chi connectivity index (χ3v) is 3.44. The van der Waals surface area contributed by atoms with Gasteiger partial charge in [0.1, 0.15) is 0 Å². The summed E-state index contributed by atoms with van der Waals surface area (Å²) in [5, 5.41) is 0.785. The van der Waals surface area contributed by atoms with Gasteiger partial charge in [-0.15, -0.1) is 0 Å². The van der Waals surface area contributed by atoms with Gasteiger partial charge in [0, 0.05) is 16.4 Å². The molecule has 1 atom stereocenters. The van der Waals surface area contributed by atoms with E-state index in [0.29, 0.717) is 19.1 Å². The van der Waals surface area contributed by atoms with E-state index in [2.05, 4.69) is 57.8 Å². The fourth-order valence-corrected chi connectivity index (χ4v) is 2.48. The Balaban J connectivity index is 2.34. The minimum absolute atomic E-state index is 0.0742. The minimum Gasteiger partial charge on any atom is -0.379 e. The lowest BCUT2D eigenvalue weighted by molar-refractivity contribution is 0.00759. The molecule has 102 valence electrons. The molecule has 0 heterocycles. The molecule has 0 saturated heterocycles. The molecule has 0 spiro atoms. The smallest absolute Gasteiger partial charge is 0.0923 e. The first-order chi connectivity index (χ1) is 8.63. The summed E-state index contributed by atoms with van der Waals surface area (Å²) in [5.74, 6) is 0.571. The van der Waals surface area contributed by atoms with Crippen LogP contribution in [0.2, 0.25) is 0 Å². The molecule has 0 aliphatic carbocycles. The first-order valence-electron chi connectivity index (χ1n) is 6.14. The zero-order valence-electron chi connectivity index (χ0n) is 10.9. The predicted molar refractivity (Wildman–Crippen MR) is 82.3 cm³/mol. The molecule has 0 aliphatic heterocycles. The van der Waals surface area contributed by atoms with Gasteiger partial charge >= 0.3 is 0 Å². The summed E-state index contributed by atoms with van der Waals surface area (Å²) in [7, 11) is 0. The summed E-state index contributed by atoms with van der Waals surface area (Å²) >= 11 is 6.96. The SMILES string of the molecule is CC(C)COCCOC(CBr)c1cccc(Br)c1. The molecular weight excluding hydrogens is 360 g/mol. The van der Waals surface area contributed by atoms with Gasteiger partial charge in [-0.2, -0.15) is 0 Å². The van der Waals surface area contributed by atoms with Crippen molar-refractivity contribution in [1.82, 2.24) is 0 Å². The van der Waals surface area contributed by atoms with Crippen molar-refractivity contribution >= 4 is 31.9 Å². The number of ether oxygens (including phenoxy) is 2. The van der Waals surface area contributed by atoms with Crippen molar-refractivity contribution in [3.63, 3.8) is 0 Å². The van der Waals surface area contributed by atoms with Gasteiger partial charge in [-0.05, 0) is 23.6 Å². The lowest BCUT2D eigenvalue weighted by atomic mass is 10.1. The van der Waals surface area contributed by atoms with Gasteiger partial charge in [-0.25, -0.2) is 0 Å². The van der Waals surface area contributed by atoms with Crippen LogP contribution in [0.3, 0.4) is 0 Å². The van der Waals surface area contributed by atoms with E-state index in [0.717, 1.165) is 16.4 Å². The lowest BCUT2D eigenvalue weighted by Gasteiger charge is -2.16. The summed E-state index contributed by atoms with van der Waals surface area (Å²) in [6, 6.07) is 8.20. The molecule has 0 fully saturated rings. The van der Waals surface area contributed by atoms with E-state index in [1.165, 1.54) is 5.56 Å². The Labute approximate surface area is 126 Å². The summed E-state index contributed by atoms with van der Waals surface area (Å²) in [6.07, 6.45) is 0.0742. The summed E-state index contributed by atoms with van der Waals surface area (Å²) in [6.45, 7) is 6.34. The van der Waals surface area contributed by atoms with Gasteiger partial charge < -0.3 is 9.47 Å². The van der Waals surface area contributed by atoms with E-state index < -0.39 is 0 Å². The molecule has 1 unspecified atom stereocenters. The van der Waals surface area contributed by atoms with Crippen LogP contribution in [0.4, 0.5) is 0 Å². The van der Waals surface area contributed by atoms with Gasteiger partial charge in [0.25, 0.3) is 0 Å². The topological polar surface area (TPSA) is 18.5 Å². The highest BCUT2D eigenvalue weighted by Gasteiger charge is 2.10. The highest BCUT2D eigenvalue weighted by molar-refractivity contribution is 9.10. The highest BCUT2D eigenvalue weighted by Crippen LogP contribution is 2.22. The monoisotopic (exact) mass is 378 g/mol. The molecule has 0 saturated carbocycles. The van der Waals surface area contributed by atoms with Crippen LogP contribution in [-0.4, -0.2) is 25.2 Å². The van der Waals surface area contributed by atoms with Crippen LogP contribution in [-0.2, 0) is 9.47 Å². The molecule has 0 aliphatic rings. The molecule has 2 nitrogen and oxygen atoms in total. The Morgan fingerprint density at radius 1 is 1.22 bits per heavy atom. The Morgan fingerprint density at radius 2 is 2.00 bits per heavy atom. The Bertz CT molecular complexity index is 342. The first kappa shape index (κ1) is 16.2. The lowest BCUT2D eigenvalue weighted by Crippen LogP contribution is -2.12. The van der Waals surface area contributed by atoms with E-state index in [-0.39, 0.29) is 6.10 Å². The second kappa shape index (κ2) is 9.08. The third kappa shape index (κ3) is 6.32. The number of alkyl halides is 1. The zero-order chi connectivity index (χ0) is 13.4. The second-order valence-corrected chi connectivity index (χ2v) is 6.10. The van der Waals surface area contributed by atoms with Gasteiger partial charge in [-0.3, -0.25) is 0 Å². The van der Waals surface area contributed by atoms with Gasteiger partial charge in [0.15, 0.2) is 0 Å². The average Bonchev–Trinajstić information content (AvgIpc) is 2.33. The molecule has 1 aromatic carbocycles. The number of hydrogen-bond donors (Lipinski definition) is 0. The summed E-state index contributed by atoms with van der Waals surface area (Å²) < 4.78 is 12.4. The van der Waals surface area contributed by atoms with E-state index in [1.807, 2.05) is 12.1 Å². The molecule has 4 heteroatoms. The maximum Gasteiger partial charge on any atom is 0.0923 e. The summed E-state index contributed by atoms with van der Waals surface area (Å²) in [4.78, 5) is 0. The zero-order valence-corrected chi connectivity index (χ0v) is 14.0. The first-order valence-corrected chi connectivity index (χ1v) is 8.05. The van der Waals surface area contributed by atoms with Gasteiger partial charge in [0.2, 0.25) is 0 Å². The molecule has 0 radical (unpaired) electrons. The molecule has 0 amide bonds. The van der Waals surface area contributed by atoms with E-state index in [1.54, 1.807) is 0 Å². The Kier molecular flexibility index (Phi) is 8.15. The van der Waals surface area contributed by atoms with Crippen LogP contribution in [0.5, 0.6) is 0 Å². The Hall–Kier alpha value is 0.1000. The maximum atomic E-state index is 5.82. The quantitative estimate of drug-likeness (QED) is 0.486. The van der Waals surface area contributed by atoms with Crippen LogP contribution in [0.15, 0.2) is 28.7 Å². The number of halogens is 2. The number of benzene rings is 1. The van der Waals surface area contributed by atoms with Crippen LogP contribution in [0.25, 0.3) is 0 Å². The van der Waals surface area contributed by atoms with Crippen molar-refractivity contribution in [2.75, 3.05) is 25.2 Å². The molecule has 0 N–H and O–H groups in total. The van der Waals surface area contributed by atoms with Crippen molar-refractivity contribution in [3.8, 4) is 0 Å². The highest BCUT2D eigenvalue weighted by atomic mass is 79.9. The predicted octanol–water partition coefficient (Wildman–Crippen LogP) is 4.57. The normalized spacial score (nSPS) is 12.9. The van der Waals surface area contributed by atoms with Crippen LogP contribution >= 0.6 is 31.9 Å². The number of hydrogen-bond acceptors (Lipinski definition) is 2. The summed E-state index contributed by atoms with van der Waals surface area (Å²) in [5.41, 5.74) is 1.17. The fraction of sp³-hybridized carbons (Fsp3) is 0.571. The van der Waals surface area contributed by atoms with Crippen molar-refractivity contribution in [2.24, 2.45) is 5.92 Å². The molecule has 1 rings (SSSR count). The van der Waals surface area contributed by atoms with Gasteiger partial charge in [0.05, 0.1) is 19.3 Å². The third-order valence-electron chi connectivity index (χ3n) is 2.36. The van der Waals surface area contributed by atoms with Crippen molar-refractivity contribution in [1.29, 1.82) is 0 Å². The second-order valence-electron chi connectivity index (χ2n) is 4.54. The minimum atomic E-state index is 0.0742. The fourth-order valence-electron chi connectivity index (χ4n) is 1.51. The standard InChI is InChI=1S/C14H20Br2O2/c1-11(2)10-17-6-7-18-14(9-15)12-4-3-5-13(16)8-12/h3-5,8,11,14H,6-7,9-10H2,1-2H3. The molecule has 18 heavy (non-hydrogen) atoms. The average molecular weight is 380 g/mol. The molecule has 1 aromatic rings. The number of rotatable bonds is 8. The molecule has 0 bridgehead atoms. The van der Waals surface area contributed by atoms with Crippen molar-refractivity contribution < 1.29 is 9.47 Å². The van der Waals surface area contributed by atoms with Crippen LogP contribution in [0.1, 0.15) is 25.5 Å².